The van der Waals surface area contributed by atoms with E-state index in [1.165, 1.54) is 21.4 Å². The Labute approximate surface area is 174 Å². The van der Waals surface area contributed by atoms with Crippen molar-refractivity contribution in [2.24, 2.45) is 0 Å². The fourth-order valence-corrected chi connectivity index (χ4v) is 5.64. The van der Waals surface area contributed by atoms with E-state index in [2.05, 4.69) is 43.0 Å². The summed E-state index contributed by atoms with van der Waals surface area (Å²) >= 11 is 3.46. The average molecular weight is 412 g/mol. The Bertz CT molecular complexity index is 963. The van der Waals surface area contributed by atoms with Crippen LogP contribution in [0.2, 0.25) is 0 Å². The molecule has 1 amide bonds. The predicted molar refractivity (Wildman–Crippen MR) is 120 cm³/mol. The molecule has 0 spiro atoms. The number of piperazine rings is 1. The second-order valence-corrected chi connectivity index (χ2v) is 9.27. The molecule has 6 heteroatoms. The lowest BCUT2D eigenvalue weighted by molar-refractivity contribution is -0.128. The van der Waals surface area contributed by atoms with E-state index in [1.807, 2.05) is 23.1 Å². The van der Waals surface area contributed by atoms with Gasteiger partial charge in [0.2, 0.25) is 5.91 Å². The second kappa shape index (κ2) is 8.53. The molecular weight excluding hydrogens is 386 g/mol. The summed E-state index contributed by atoms with van der Waals surface area (Å²) in [5.41, 5.74) is 4.90. The van der Waals surface area contributed by atoms with Gasteiger partial charge in [-0.15, -0.1) is 11.8 Å². The largest absolute Gasteiger partial charge is 0.345 e. The van der Waals surface area contributed by atoms with Gasteiger partial charge >= 0.3 is 0 Å². The predicted octanol–water partition coefficient (Wildman–Crippen LogP) is 4.50. The molecule has 0 unspecified atom stereocenters. The first-order chi connectivity index (χ1) is 13.6. The van der Waals surface area contributed by atoms with Crippen LogP contribution in [-0.2, 0) is 10.5 Å². The number of carbonyl (C=O) groups excluding carboxylic acids is 1. The van der Waals surface area contributed by atoms with Crippen LogP contribution in [0.25, 0.3) is 10.2 Å². The van der Waals surface area contributed by atoms with E-state index >= 15 is 0 Å². The van der Waals surface area contributed by atoms with Crippen molar-refractivity contribution in [2.75, 3.05) is 36.8 Å². The van der Waals surface area contributed by atoms with Crippen molar-refractivity contribution in [3.8, 4) is 0 Å². The number of benzene rings is 2. The van der Waals surface area contributed by atoms with Gasteiger partial charge in [-0.3, -0.25) is 4.79 Å². The standard InChI is InChI=1S/C22H25N3OS2/c1-16-12-17(2)21-19(13-16)28-22(23-21)25-10-8-24(9-11-25)20(26)15-27-14-18-6-4-3-5-7-18/h3-7,12-13H,8-11,14-15H2,1-2H3. The Hall–Kier alpha value is -2.05. The first-order valence-electron chi connectivity index (χ1n) is 9.62. The number of thiazole rings is 1. The minimum absolute atomic E-state index is 0.247. The zero-order chi connectivity index (χ0) is 19.5. The topological polar surface area (TPSA) is 36.4 Å². The molecule has 2 heterocycles. The minimum atomic E-state index is 0.247. The van der Waals surface area contributed by atoms with Crippen LogP contribution in [0.4, 0.5) is 5.13 Å². The van der Waals surface area contributed by atoms with E-state index in [1.54, 1.807) is 23.1 Å². The van der Waals surface area contributed by atoms with Crippen molar-refractivity contribution < 1.29 is 4.79 Å². The van der Waals surface area contributed by atoms with E-state index in [4.69, 9.17) is 4.98 Å². The summed E-state index contributed by atoms with van der Waals surface area (Å²) in [5.74, 6) is 1.68. The molecule has 3 aromatic rings. The van der Waals surface area contributed by atoms with Crippen molar-refractivity contribution in [2.45, 2.75) is 19.6 Å². The number of hydrogen-bond donors (Lipinski definition) is 0. The maximum absolute atomic E-state index is 12.5. The van der Waals surface area contributed by atoms with Gasteiger partial charge in [-0.25, -0.2) is 4.98 Å². The van der Waals surface area contributed by atoms with Gasteiger partial charge in [-0.2, -0.15) is 0 Å². The summed E-state index contributed by atoms with van der Waals surface area (Å²) in [5, 5.41) is 1.08. The van der Waals surface area contributed by atoms with E-state index < -0.39 is 0 Å². The van der Waals surface area contributed by atoms with Crippen molar-refractivity contribution in [3.63, 3.8) is 0 Å². The highest BCUT2D eigenvalue weighted by Gasteiger charge is 2.23. The van der Waals surface area contributed by atoms with E-state index in [-0.39, 0.29) is 5.91 Å². The fourth-order valence-electron chi connectivity index (χ4n) is 3.56. The van der Waals surface area contributed by atoms with Gasteiger partial charge in [0.25, 0.3) is 0 Å². The lowest BCUT2D eigenvalue weighted by Gasteiger charge is -2.34. The van der Waals surface area contributed by atoms with E-state index in [0.29, 0.717) is 5.75 Å². The van der Waals surface area contributed by atoms with Crippen molar-refractivity contribution in [3.05, 3.63) is 59.2 Å². The highest BCUT2D eigenvalue weighted by Crippen LogP contribution is 2.32. The van der Waals surface area contributed by atoms with Crippen LogP contribution < -0.4 is 4.90 Å². The first kappa shape index (κ1) is 19.3. The molecule has 0 atom stereocenters. The number of anilines is 1. The molecule has 146 valence electrons. The van der Waals surface area contributed by atoms with Gasteiger partial charge in [-0.1, -0.05) is 47.7 Å². The molecule has 1 fully saturated rings. The smallest absolute Gasteiger partial charge is 0.232 e. The average Bonchev–Trinajstić information content (AvgIpc) is 3.13. The van der Waals surface area contributed by atoms with Crippen LogP contribution in [0.15, 0.2) is 42.5 Å². The molecule has 4 nitrogen and oxygen atoms in total. The molecule has 2 aromatic carbocycles. The summed E-state index contributed by atoms with van der Waals surface area (Å²) in [7, 11) is 0. The quantitative estimate of drug-likeness (QED) is 0.620. The lowest BCUT2D eigenvalue weighted by atomic mass is 10.1. The van der Waals surface area contributed by atoms with Crippen LogP contribution in [0.3, 0.4) is 0 Å². The number of carbonyl (C=O) groups is 1. The summed E-state index contributed by atoms with van der Waals surface area (Å²) in [6.07, 6.45) is 0. The second-order valence-electron chi connectivity index (χ2n) is 7.27. The molecule has 0 saturated carbocycles. The number of thioether (sulfide) groups is 1. The van der Waals surface area contributed by atoms with Crippen LogP contribution in [0.5, 0.6) is 0 Å². The zero-order valence-electron chi connectivity index (χ0n) is 16.4. The lowest BCUT2D eigenvalue weighted by Crippen LogP contribution is -2.49. The normalized spacial score (nSPS) is 14.6. The van der Waals surface area contributed by atoms with Gasteiger partial charge in [0.05, 0.1) is 16.0 Å². The highest BCUT2D eigenvalue weighted by molar-refractivity contribution is 7.99. The number of hydrogen-bond acceptors (Lipinski definition) is 5. The number of aromatic nitrogens is 1. The molecule has 28 heavy (non-hydrogen) atoms. The van der Waals surface area contributed by atoms with Gasteiger partial charge < -0.3 is 9.80 Å². The van der Waals surface area contributed by atoms with E-state index in [9.17, 15) is 4.79 Å². The van der Waals surface area contributed by atoms with Crippen molar-refractivity contribution in [1.82, 2.24) is 9.88 Å². The monoisotopic (exact) mass is 411 g/mol. The van der Waals surface area contributed by atoms with Crippen LogP contribution in [0, 0.1) is 13.8 Å². The maximum Gasteiger partial charge on any atom is 0.232 e. The fraction of sp³-hybridized carbons (Fsp3) is 0.364. The Balaban J connectivity index is 1.30. The summed E-state index contributed by atoms with van der Waals surface area (Å²) in [6, 6.07) is 14.7. The summed E-state index contributed by atoms with van der Waals surface area (Å²) < 4.78 is 1.25. The third-order valence-corrected chi connectivity index (χ3v) is 7.11. The van der Waals surface area contributed by atoms with Gasteiger partial charge in [0.1, 0.15) is 0 Å². The molecule has 1 saturated heterocycles. The molecule has 4 rings (SSSR count). The van der Waals surface area contributed by atoms with Gasteiger partial charge in [0.15, 0.2) is 5.13 Å². The van der Waals surface area contributed by atoms with Gasteiger partial charge in [-0.05, 0) is 36.6 Å². The molecule has 0 N–H and O–H groups in total. The Morgan fingerprint density at radius 2 is 1.86 bits per heavy atom. The number of nitrogens with zero attached hydrogens (tertiary/aromatic N) is 3. The van der Waals surface area contributed by atoms with Crippen LogP contribution in [0.1, 0.15) is 16.7 Å². The van der Waals surface area contributed by atoms with Crippen molar-refractivity contribution >= 4 is 44.4 Å². The third-order valence-electron chi connectivity index (χ3n) is 5.06. The first-order valence-corrected chi connectivity index (χ1v) is 11.6. The summed E-state index contributed by atoms with van der Waals surface area (Å²) in [6.45, 7) is 7.52. The number of aryl methyl sites for hydroxylation is 2. The molecule has 1 aromatic heterocycles. The Morgan fingerprint density at radius 3 is 2.61 bits per heavy atom. The molecule has 0 aliphatic carbocycles. The Kier molecular flexibility index (Phi) is 5.87. The Morgan fingerprint density at radius 1 is 1.11 bits per heavy atom. The van der Waals surface area contributed by atoms with Gasteiger partial charge in [0, 0.05) is 31.9 Å². The molecular formula is C22H25N3OS2. The molecule has 1 aliphatic rings. The molecule has 0 radical (unpaired) electrons. The zero-order valence-corrected chi connectivity index (χ0v) is 18.0. The maximum atomic E-state index is 12.5. The van der Waals surface area contributed by atoms with E-state index in [0.717, 1.165) is 42.6 Å². The molecule has 1 aliphatic heterocycles. The third kappa shape index (κ3) is 4.33. The van der Waals surface area contributed by atoms with Crippen LogP contribution in [-0.4, -0.2) is 47.7 Å². The van der Waals surface area contributed by atoms with Crippen molar-refractivity contribution in [1.29, 1.82) is 0 Å². The number of fused-ring (bicyclic) bond motifs is 1. The number of amides is 1. The highest BCUT2D eigenvalue weighted by atomic mass is 32.2. The SMILES string of the molecule is Cc1cc(C)c2nc(N3CCN(C(=O)CSCc4ccccc4)CC3)sc2c1. The minimum Gasteiger partial charge on any atom is -0.345 e. The molecule has 0 bridgehead atoms. The number of rotatable bonds is 5. The summed E-state index contributed by atoms with van der Waals surface area (Å²) in [4.78, 5) is 21.7. The van der Waals surface area contributed by atoms with Crippen LogP contribution >= 0.6 is 23.1 Å².